The zero-order valence-electron chi connectivity index (χ0n) is 14.2. The number of carbonyl (C=O) groups is 4. The number of thiophene rings is 2. The SMILES string of the molecule is NC(=O)c1ccsc1NC(=O)COC(=O)[C@H]1CCCN1C(=O)c1cccs1. The van der Waals surface area contributed by atoms with E-state index in [2.05, 4.69) is 5.32 Å². The number of hydrogen-bond acceptors (Lipinski definition) is 7. The Bertz CT molecular complexity index is 862. The molecule has 0 unspecified atom stereocenters. The van der Waals surface area contributed by atoms with Gasteiger partial charge in [-0.05, 0) is 35.7 Å². The van der Waals surface area contributed by atoms with E-state index in [1.165, 1.54) is 22.3 Å². The van der Waals surface area contributed by atoms with E-state index in [1.807, 2.05) is 0 Å². The summed E-state index contributed by atoms with van der Waals surface area (Å²) in [7, 11) is 0. The van der Waals surface area contributed by atoms with E-state index in [9.17, 15) is 19.2 Å². The van der Waals surface area contributed by atoms with E-state index in [1.54, 1.807) is 22.9 Å². The summed E-state index contributed by atoms with van der Waals surface area (Å²) in [6, 6.07) is 4.28. The molecule has 3 rings (SSSR count). The summed E-state index contributed by atoms with van der Waals surface area (Å²) in [5.41, 5.74) is 5.42. The quantitative estimate of drug-likeness (QED) is 0.707. The number of rotatable bonds is 6. The molecule has 2 aromatic rings. The maximum absolute atomic E-state index is 12.5. The first-order valence-electron chi connectivity index (χ1n) is 8.15. The number of nitrogens with one attached hydrogen (secondary N) is 1. The molecular weight excluding hydrogens is 390 g/mol. The largest absolute Gasteiger partial charge is 0.454 e. The molecule has 27 heavy (non-hydrogen) atoms. The van der Waals surface area contributed by atoms with E-state index in [0.29, 0.717) is 29.3 Å². The van der Waals surface area contributed by atoms with Gasteiger partial charge in [0.15, 0.2) is 6.61 Å². The van der Waals surface area contributed by atoms with Crippen LogP contribution in [0.5, 0.6) is 0 Å². The van der Waals surface area contributed by atoms with Crippen molar-refractivity contribution < 1.29 is 23.9 Å². The molecule has 8 nitrogen and oxygen atoms in total. The van der Waals surface area contributed by atoms with Gasteiger partial charge < -0.3 is 20.7 Å². The van der Waals surface area contributed by atoms with Crippen molar-refractivity contribution in [1.82, 2.24) is 4.90 Å². The monoisotopic (exact) mass is 407 g/mol. The third kappa shape index (κ3) is 4.34. The second-order valence-electron chi connectivity index (χ2n) is 5.82. The van der Waals surface area contributed by atoms with Crippen LogP contribution in [0.3, 0.4) is 0 Å². The molecule has 0 radical (unpaired) electrons. The Morgan fingerprint density at radius 2 is 2.04 bits per heavy atom. The van der Waals surface area contributed by atoms with Gasteiger partial charge in [0.25, 0.3) is 17.7 Å². The standard InChI is InChI=1S/C17H17N3O5S2/c18-14(22)10-5-8-27-15(10)19-13(21)9-25-17(24)11-3-1-6-20(11)16(23)12-4-2-7-26-12/h2,4-5,7-8,11H,1,3,6,9H2,(H2,18,22)(H,19,21)/t11-/m1/s1. The second-order valence-corrected chi connectivity index (χ2v) is 7.68. The summed E-state index contributed by atoms with van der Waals surface area (Å²) < 4.78 is 5.08. The first-order valence-corrected chi connectivity index (χ1v) is 9.91. The normalized spacial score (nSPS) is 16.1. The molecule has 0 bridgehead atoms. The van der Waals surface area contributed by atoms with E-state index < -0.39 is 30.4 Å². The molecule has 1 fully saturated rings. The van der Waals surface area contributed by atoms with Gasteiger partial charge in [-0.25, -0.2) is 4.79 Å². The van der Waals surface area contributed by atoms with Gasteiger partial charge in [-0.1, -0.05) is 6.07 Å². The van der Waals surface area contributed by atoms with Gasteiger partial charge in [0.1, 0.15) is 11.0 Å². The zero-order valence-corrected chi connectivity index (χ0v) is 15.8. The fraction of sp³-hybridized carbons (Fsp3) is 0.294. The van der Waals surface area contributed by atoms with Crippen LogP contribution >= 0.6 is 22.7 Å². The van der Waals surface area contributed by atoms with Crippen molar-refractivity contribution in [3.05, 3.63) is 39.4 Å². The van der Waals surface area contributed by atoms with Gasteiger partial charge in [-0.2, -0.15) is 0 Å². The lowest BCUT2D eigenvalue weighted by Crippen LogP contribution is -2.41. The van der Waals surface area contributed by atoms with Crippen molar-refractivity contribution >= 4 is 51.4 Å². The van der Waals surface area contributed by atoms with Crippen LogP contribution < -0.4 is 11.1 Å². The molecular formula is C17H17N3O5S2. The van der Waals surface area contributed by atoms with Gasteiger partial charge in [0, 0.05) is 6.54 Å². The maximum Gasteiger partial charge on any atom is 0.329 e. The zero-order chi connectivity index (χ0) is 19.4. The van der Waals surface area contributed by atoms with Crippen LogP contribution in [0.15, 0.2) is 29.0 Å². The minimum atomic E-state index is -0.699. The predicted molar refractivity (Wildman–Crippen MR) is 101 cm³/mol. The number of amides is 3. The van der Waals surface area contributed by atoms with Crippen LogP contribution in [-0.4, -0.2) is 47.8 Å². The third-order valence-corrected chi connectivity index (χ3v) is 5.73. The predicted octanol–water partition coefficient (Wildman–Crippen LogP) is 1.69. The fourth-order valence-corrected chi connectivity index (χ4v) is 4.28. The van der Waals surface area contributed by atoms with Crippen molar-refractivity contribution in [1.29, 1.82) is 0 Å². The minimum Gasteiger partial charge on any atom is -0.454 e. The molecule has 2 aromatic heterocycles. The highest BCUT2D eigenvalue weighted by molar-refractivity contribution is 7.14. The number of nitrogens with zero attached hydrogens (tertiary/aromatic N) is 1. The topological polar surface area (TPSA) is 119 Å². The van der Waals surface area contributed by atoms with Crippen LogP contribution in [0.4, 0.5) is 5.00 Å². The van der Waals surface area contributed by atoms with Gasteiger partial charge in [-0.15, -0.1) is 22.7 Å². The molecule has 142 valence electrons. The van der Waals surface area contributed by atoms with Crippen LogP contribution in [-0.2, 0) is 14.3 Å². The molecule has 10 heteroatoms. The summed E-state index contributed by atoms with van der Waals surface area (Å²) in [6.07, 6.45) is 1.19. The number of hydrogen-bond donors (Lipinski definition) is 2. The summed E-state index contributed by atoms with van der Waals surface area (Å²) in [6.45, 7) is -0.0354. The maximum atomic E-state index is 12.5. The molecule has 0 aromatic carbocycles. The number of esters is 1. The van der Waals surface area contributed by atoms with Gasteiger partial charge >= 0.3 is 5.97 Å². The number of likely N-dealkylation sites (tertiary alicyclic amines) is 1. The summed E-state index contributed by atoms with van der Waals surface area (Å²) in [4.78, 5) is 50.1. The van der Waals surface area contributed by atoms with Crippen LogP contribution in [0.1, 0.15) is 32.9 Å². The first kappa shape index (κ1) is 19.1. The summed E-state index contributed by atoms with van der Waals surface area (Å²) >= 11 is 2.46. The Morgan fingerprint density at radius 3 is 2.74 bits per heavy atom. The van der Waals surface area contributed by atoms with Crippen LogP contribution in [0, 0.1) is 0 Å². The fourth-order valence-electron chi connectivity index (χ4n) is 2.79. The highest BCUT2D eigenvalue weighted by Crippen LogP contribution is 2.24. The van der Waals surface area contributed by atoms with E-state index >= 15 is 0 Å². The Balaban J connectivity index is 1.55. The van der Waals surface area contributed by atoms with Crippen molar-refractivity contribution in [2.45, 2.75) is 18.9 Å². The molecule has 1 aliphatic rings. The smallest absolute Gasteiger partial charge is 0.329 e. The summed E-state index contributed by atoms with van der Waals surface area (Å²) in [5, 5.41) is 6.22. The first-order chi connectivity index (χ1) is 13.0. The molecule has 0 saturated carbocycles. The molecule has 1 saturated heterocycles. The minimum absolute atomic E-state index is 0.197. The molecule has 3 N–H and O–H groups in total. The van der Waals surface area contributed by atoms with Crippen molar-refractivity contribution in [2.75, 3.05) is 18.5 Å². The van der Waals surface area contributed by atoms with Crippen LogP contribution in [0.2, 0.25) is 0 Å². The second kappa shape index (κ2) is 8.31. The third-order valence-electron chi connectivity index (χ3n) is 4.05. The van der Waals surface area contributed by atoms with Crippen molar-refractivity contribution in [3.8, 4) is 0 Å². The molecule has 1 aliphatic heterocycles. The lowest BCUT2D eigenvalue weighted by Gasteiger charge is -2.22. The van der Waals surface area contributed by atoms with Crippen LogP contribution in [0.25, 0.3) is 0 Å². The molecule has 0 spiro atoms. The molecule has 1 atom stereocenters. The van der Waals surface area contributed by atoms with Gasteiger partial charge in [0.2, 0.25) is 0 Å². The number of primary amides is 1. The Kier molecular flexibility index (Phi) is 5.87. The van der Waals surface area contributed by atoms with E-state index in [-0.39, 0.29) is 11.5 Å². The molecule has 0 aliphatic carbocycles. The molecule has 3 heterocycles. The van der Waals surface area contributed by atoms with E-state index in [0.717, 1.165) is 11.3 Å². The van der Waals surface area contributed by atoms with Crippen molar-refractivity contribution in [2.24, 2.45) is 5.73 Å². The summed E-state index contributed by atoms with van der Waals surface area (Å²) in [5.74, 6) is -2.06. The average molecular weight is 407 g/mol. The number of carbonyl (C=O) groups excluding carboxylic acids is 4. The number of anilines is 1. The number of ether oxygens (including phenoxy) is 1. The Hall–Kier alpha value is -2.72. The Labute approximate surface area is 162 Å². The van der Waals surface area contributed by atoms with Crippen molar-refractivity contribution in [3.63, 3.8) is 0 Å². The van der Waals surface area contributed by atoms with Gasteiger partial charge in [-0.3, -0.25) is 14.4 Å². The highest BCUT2D eigenvalue weighted by atomic mass is 32.1. The lowest BCUT2D eigenvalue weighted by atomic mass is 10.2. The average Bonchev–Trinajstić information content (AvgIpc) is 3.39. The number of nitrogens with two attached hydrogens (primary N) is 1. The van der Waals surface area contributed by atoms with E-state index in [4.69, 9.17) is 10.5 Å². The lowest BCUT2D eigenvalue weighted by molar-refractivity contribution is -0.151. The Morgan fingerprint density at radius 1 is 1.22 bits per heavy atom. The van der Waals surface area contributed by atoms with Gasteiger partial charge in [0.05, 0.1) is 10.4 Å². The highest BCUT2D eigenvalue weighted by Gasteiger charge is 2.36. The molecule has 3 amide bonds.